The predicted molar refractivity (Wildman–Crippen MR) is 197 cm³/mol. The van der Waals surface area contributed by atoms with E-state index in [0.717, 1.165) is 63.7 Å². The third-order valence-corrected chi connectivity index (χ3v) is 9.82. The third kappa shape index (κ3) is 24.9. The maximum Gasteiger partial charge on any atom is 0.305 e. The maximum atomic E-state index is 12.5. The van der Waals surface area contributed by atoms with Gasteiger partial charge in [0.05, 0.1) is 12.2 Å². The SMILES string of the molecule is CCCCC[C@H](O)/C=C/[C@H]1[C@H](O)CC(=O)[C@@H]1CCCCCCC(=O)OC[C@H](O)COC(=O)CCCCCCCCCCCCCCC(C)C. The monoisotopic (exact) mass is 695 g/mol. The van der Waals surface area contributed by atoms with Gasteiger partial charge in [0.25, 0.3) is 0 Å². The summed E-state index contributed by atoms with van der Waals surface area (Å²) < 4.78 is 10.3. The van der Waals surface area contributed by atoms with Gasteiger partial charge in [-0.1, -0.05) is 148 Å². The summed E-state index contributed by atoms with van der Waals surface area (Å²) in [5, 5.41) is 30.6. The zero-order valence-electron chi connectivity index (χ0n) is 31.6. The molecule has 8 nitrogen and oxygen atoms in total. The molecule has 0 aromatic rings. The molecule has 0 aromatic heterocycles. The Morgan fingerprint density at radius 1 is 0.714 bits per heavy atom. The lowest BCUT2D eigenvalue weighted by Crippen LogP contribution is -2.25. The summed E-state index contributed by atoms with van der Waals surface area (Å²) in [5.41, 5.74) is 0. The van der Waals surface area contributed by atoms with Gasteiger partial charge in [0, 0.05) is 31.1 Å². The number of esters is 2. The lowest BCUT2D eigenvalue weighted by atomic mass is 9.88. The molecule has 0 aliphatic heterocycles. The molecule has 0 saturated heterocycles. The molecule has 8 heteroatoms. The van der Waals surface area contributed by atoms with Crippen LogP contribution in [-0.4, -0.2) is 64.6 Å². The first-order valence-electron chi connectivity index (χ1n) is 20.2. The zero-order valence-corrected chi connectivity index (χ0v) is 31.6. The highest BCUT2D eigenvalue weighted by molar-refractivity contribution is 5.84. The third-order valence-electron chi connectivity index (χ3n) is 9.82. The van der Waals surface area contributed by atoms with Crippen LogP contribution in [0.5, 0.6) is 0 Å². The minimum atomic E-state index is -1.04. The highest BCUT2D eigenvalue weighted by Crippen LogP contribution is 2.34. The van der Waals surface area contributed by atoms with Crippen LogP contribution in [-0.2, 0) is 23.9 Å². The molecule has 0 radical (unpaired) electrons. The number of carbonyl (C=O) groups excluding carboxylic acids is 3. The van der Waals surface area contributed by atoms with Crippen molar-refractivity contribution >= 4 is 17.7 Å². The molecule has 1 fully saturated rings. The minimum Gasteiger partial charge on any atom is -0.463 e. The van der Waals surface area contributed by atoms with Gasteiger partial charge in [-0.3, -0.25) is 14.4 Å². The van der Waals surface area contributed by atoms with Crippen molar-refractivity contribution in [2.75, 3.05) is 13.2 Å². The smallest absolute Gasteiger partial charge is 0.305 e. The molecule has 0 amide bonds. The summed E-state index contributed by atoms with van der Waals surface area (Å²) in [4.78, 5) is 36.5. The Bertz CT molecular complexity index is 872. The van der Waals surface area contributed by atoms with Crippen molar-refractivity contribution in [3.8, 4) is 0 Å². The van der Waals surface area contributed by atoms with Gasteiger partial charge in [-0.05, 0) is 31.6 Å². The van der Waals surface area contributed by atoms with Crippen LogP contribution in [0, 0.1) is 17.8 Å². The van der Waals surface area contributed by atoms with Crippen LogP contribution in [0.4, 0.5) is 0 Å². The molecule has 5 atom stereocenters. The Labute approximate surface area is 299 Å². The van der Waals surface area contributed by atoms with Crippen LogP contribution in [0.25, 0.3) is 0 Å². The molecule has 286 valence electrons. The molecule has 3 N–H and O–H groups in total. The second-order valence-electron chi connectivity index (χ2n) is 15.0. The van der Waals surface area contributed by atoms with E-state index in [9.17, 15) is 29.7 Å². The largest absolute Gasteiger partial charge is 0.463 e. The fraction of sp³-hybridized carbons (Fsp3) is 0.878. The van der Waals surface area contributed by atoms with E-state index in [-0.39, 0.29) is 55.6 Å². The Balaban J connectivity index is 2.00. The van der Waals surface area contributed by atoms with Crippen molar-refractivity contribution < 1.29 is 39.2 Å². The number of carbonyl (C=O) groups is 3. The average Bonchev–Trinajstić information content (AvgIpc) is 3.34. The van der Waals surface area contributed by atoms with Crippen molar-refractivity contribution in [1.82, 2.24) is 0 Å². The van der Waals surface area contributed by atoms with Crippen LogP contribution in [0.1, 0.15) is 181 Å². The van der Waals surface area contributed by atoms with E-state index in [2.05, 4.69) is 20.8 Å². The Morgan fingerprint density at radius 2 is 1.18 bits per heavy atom. The van der Waals surface area contributed by atoms with E-state index < -0.39 is 18.3 Å². The number of aliphatic hydroxyl groups is 3. The number of hydrogen-bond donors (Lipinski definition) is 3. The lowest BCUT2D eigenvalue weighted by Gasteiger charge is -2.18. The van der Waals surface area contributed by atoms with Crippen LogP contribution in [0.15, 0.2) is 12.2 Å². The molecular formula is C41H74O8. The molecule has 1 saturated carbocycles. The first-order chi connectivity index (χ1) is 23.6. The van der Waals surface area contributed by atoms with Crippen LogP contribution >= 0.6 is 0 Å². The number of hydrogen-bond acceptors (Lipinski definition) is 8. The summed E-state index contributed by atoms with van der Waals surface area (Å²) in [5.74, 6) is -0.275. The van der Waals surface area contributed by atoms with Gasteiger partial charge < -0.3 is 24.8 Å². The summed E-state index contributed by atoms with van der Waals surface area (Å²) in [7, 11) is 0. The van der Waals surface area contributed by atoms with Crippen LogP contribution in [0.2, 0.25) is 0 Å². The molecule has 49 heavy (non-hydrogen) atoms. The molecule has 0 aromatic carbocycles. The first-order valence-corrected chi connectivity index (χ1v) is 20.2. The number of unbranched alkanes of at least 4 members (excludes halogenated alkanes) is 16. The Hall–Kier alpha value is -1.77. The molecule has 0 heterocycles. The number of aliphatic hydroxyl groups excluding tert-OH is 3. The number of ketones is 1. The molecule has 0 bridgehead atoms. The fourth-order valence-electron chi connectivity index (χ4n) is 6.70. The normalized spacial score (nSPS) is 19.2. The number of Topliss-reactive ketones (excluding diaryl/α,β-unsaturated/α-hetero) is 1. The molecular weight excluding hydrogens is 620 g/mol. The predicted octanol–water partition coefficient (Wildman–Crippen LogP) is 8.96. The van der Waals surface area contributed by atoms with Crippen molar-refractivity contribution in [2.24, 2.45) is 17.8 Å². The Morgan fingerprint density at radius 3 is 1.69 bits per heavy atom. The fourth-order valence-corrected chi connectivity index (χ4v) is 6.70. The van der Waals surface area contributed by atoms with E-state index in [0.29, 0.717) is 25.7 Å². The van der Waals surface area contributed by atoms with Crippen LogP contribution < -0.4 is 0 Å². The number of ether oxygens (including phenoxy) is 2. The summed E-state index contributed by atoms with van der Waals surface area (Å²) >= 11 is 0. The minimum absolute atomic E-state index is 0.0834. The van der Waals surface area contributed by atoms with Crippen LogP contribution in [0.3, 0.4) is 0 Å². The highest BCUT2D eigenvalue weighted by Gasteiger charge is 2.39. The Kier molecular flexibility index (Phi) is 27.6. The summed E-state index contributed by atoms with van der Waals surface area (Å²) in [6.45, 7) is 6.34. The van der Waals surface area contributed by atoms with E-state index >= 15 is 0 Å². The number of rotatable bonds is 32. The first kappa shape index (κ1) is 45.3. The van der Waals surface area contributed by atoms with Crippen molar-refractivity contribution in [2.45, 2.75) is 200 Å². The van der Waals surface area contributed by atoms with Gasteiger partial charge in [-0.2, -0.15) is 0 Å². The van der Waals surface area contributed by atoms with Gasteiger partial charge >= 0.3 is 11.9 Å². The quantitative estimate of drug-likeness (QED) is 0.0362. The topological polar surface area (TPSA) is 130 Å². The standard InChI is InChI=1S/C41H74O8/c1-4-5-18-24-34(42)28-29-37-36(38(44)30-39(37)45)25-20-16-17-22-27-41(47)49-32-35(43)31-48-40(46)26-21-15-13-11-9-7-6-8-10-12-14-19-23-33(2)3/h28-29,33-37,39,42-43,45H,4-27,30-32H2,1-3H3/b29-28+/t34-,35+,36+,37+,39+/m0/s1. The van der Waals surface area contributed by atoms with Gasteiger partial charge in [0.15, 0.2) is 0 Å². The van der Waals surface area contributed by atoms with E-state index in [1.165, 1.54) is 64.2 Å². The van der Waals surface area contributed by atoms with Gasteiger partial charge in [-0.25, -0.2) is 0 Å². The zero-order chi connectivity index (χ0) is 36.1. The summed E-state index contributed by atoms with van der Waals surface area (Å²) in [6.07, 6.45) is 26.0. The van der Waals surface area contributed by atoms with Gasteiger partial charge in [-0.15, -0.1) is 0 Å². The second-order valence-corrected chi connectivity index (χ2v) is 15.0. The van der Waals surface area contributed by atoms with E-state index in [4.69, 9.17) is 9.47 Å². The van der Waals surface area contributed by atoms with Crippen molar-refractivity contribution in [3.05, 3.63) is 12.2 Å². The molecule has 1 aliphatic rings. The van der Waals surface area contributed by atoms with E-state index in [1.807, 2.05) is 6.08 Å². The molecule has 1 aliphatic carbocycles. The molecule has 1 rings (SSSR count). The van der Waals surface area contributed by atoms with Crippen molar-refractivity contribution in [3.63, 3.8) is 0 Å². The highest BCUT2D eigenvalue weighted by atomic mass is 16.6. The molecule has 0 spiro atoms. The average molecular weight is 695 g/mol. The summed E-state index contributed by atoms with van der Waals surface area (Å²) in [6, 6.07) is 0. The van der Waals surface area contributed by atoms with Gasteiger partial charge in [0.2, 0.25) is 0 Å². The molecule has 0 unspecified atom stereocenters. The van der Waals surface area contributed by atoms with E-state index in [1.54, 1.807) is 6.08 Å². The lowest BCUT2D eigenvalue weighted by molar-refractivity contribution is -0.152. The van der Waals surface area contributed by atoms with Crippen molar-refractivity contribution in [1.29, 1.82) is 0 Å². The van der Waals surface area contributed by atoms with Gasteiger partial charge in [0.1, 0.15) is 25.1 Å². The second kappa shape index (κ2) is 29.9. The maximum absolute atomic E-state index is 12.5.